The van der Waals surface area contributed by atoms with Crippen LogP contribution in [-0.4, -0.2) is 19.1 Å². The summed E-state index contributed by atoms with van der Waals surface area (Å²) in [6.07, 6.45) is 3.22. The van der Waals surface area contributed by atoms with Crippen LogP contribution in [0.1, 0.15) is 32.3 Å². The van der Waals surface area contributed by atoms with Gasteiger partial charge in [0.05, 0.1) is 0 Å². The fourth-order valence-electron chi connectivity index (χ4n) is 1.87. The molecule has 3 heteroatoms. The zero-order valence-corrected chi connectivity index (χ0v) is 13.0. The van der Waals surface area contributed by atoms with Crippen LogP contribution in [0.3, 0.4) is 0 Å². The fraction of sp³-hybridized carbons (Fsp3) is 0.600. The molecular formula is C15H25BrN2. The highest BCUT2D eigenvalue weighted by Gasteiger charge is 2.04. The Hall–Kier alpha value is -0.380. The molecule has 18 heavy (non-hydrogen) atoms. The number of rotatable bonds is 8. The topological polar surface area (TPSA) is 38.0 Å². The maximum Gasteiger partial charge on any atom is 0.0178 e. The molecule has 1 aromatic carbocycles. The van der Waals surface area contributed by atoms with Crippen molar-refractivity contribution >= 4 is 15.9 Å². The van der Waals surface area contributed by atoms with Crippen molar-refractivity contribution in [2.24, 2.45) is 11.7 Å². The summed E-state index contributed by atoms with van der Waals surface area (Å²) in [5.74, 6) is 0.771. The molecule has 1 aromatic rings. The van der Waals surface area contributed by atoms with Crippen molar-refractivity contribution in [1.29, 1.82) is 0 Å². The van der Waals surface area contributed by atoms with Crippen molar-refractivity contribution in [2.75, 3.05) is 13.1 Å². The van der Waals surface area contributed by atoms with Gasteiger partial charge in [-0.2, -0.15) is 0 Å². The maximum atomic E-state index is 6.14. The molecule has 0 aromatic heterocycles. The van der Waals surface area contributed by atoms with Crippen molar-refractivity contribution < 1.29 is 0 Å². The van der Waals surface area contributed by atoms with Gasteiger partial charge in [0.15, 0.2) is 0 Å². The molecule has 102 valence electrons. The van der Waals surface area contributed by atoms with E-state index in [1.54, 1.807) is 0 Å². The number of nitrogens with one attached hydrogen (secondary N) is 1. The lowest BCUT2D eigenvalue weighted by Gasteiger charge is -2.13. The van der Waals surface area contributed by atoms with Gasteiger partial charge in [0.25, 0.3) is 0 Å². The highest BCUT2D eigenvalue weighted by atomic mass is 79.9. The van der Waals surface area contributed by atoms with Crippen molar-refractivity contribution in [2.45, 2.75) is 39.2 Å². The molecule has 0 saturated carbocycles. The third-order valence-electron chi connectivity index (χ3n) is 2.98. The van der Waals surface area contributed by atoms with Crippen molar-refractivity contribution in [1.82, 2.24) is 5.32 Å². The summed E-state index contributed by atoms with van der Waals surface area (Å²) in [5, 5.41) is 3.46. The first kappa shape index (κ1) is 15.7. The quantitative estimate of drug-likeness (QED) is 0.722. The van der Waals surface area contributed by atoms with Gasteiger partial charge in [-0.05, 0) is 56.0 Å². The van der Waals surface area contributed by atoms with Gasteiger partial charge in [-0.25, -0.2) is 0 Å². The molecule has 0 saturated heterocycles. The van der Waals surface area contributed by atoms with Crippen LogP contribution in [0.15, 0.2) is 28.7 Å². The van der Waals surface area contributed by atoms with Gasteiger partial charge in [-0.1, -0.05) is 41.9 Å². The minimum absolute atomic E-state index is 0.242. The number of hydrogen-bond donors (Lipinski definition) is 2. The molecule has 0 fully saturated rings. The lowest BCUT2D eigenvalue weighted by Crippen LogP contribution is -2.29. The Morgan fingerprint density at radius 1 is 1.22 bits per heavy atom. The summed E-state index contributed by atoms with van der Waals surface area (Å²) in [4.78, 5) is 0. The summed E-state index contributed by atoms with van der Waals surface area (Å²) in [6, 6.07) is 8.63. The molecule has 0 heterocycles. The molecule has 0 bridgehead atoms. The molecular weight excluding hydrogens is 288 g/mol. The van der Waals surface area contributed by atoms with Gasteiger partial charge in [-0.15, -0.1) is 0 Å². The van der Waals surface area contributed by atoms with Crippen LogP contribution in [-0.2, 0) is 6.42 Å². The number of halogens is 1. The van der Waals surface area contributed by atoms with Gasteiger partial charge in [-0.3, -0.25) is 0 Å². The van der Waals surface area contributed by atoms with Crippen LogP contribution >= 0.6 is 15.9 Å². The van der Waals surface area contributed by atoms with E-state index in [0.717, 1.165) is 36.3 Å². The molecule has 1 atom stereocenters. The summed E-state index contributed by atoms with van der Waals surface area (Å²) >= 11 is 3.49. The smallest absolute Gasteiger partial charge is 0.0178 e. The highest BCUT2D eigenvalue weighted by Crippen LogP contribution is 2.13. The van der Waals surface area contributed by atoms with Crippen LogP contribution in [0, 0.1) is 5.92 Å². The van der Waals surface area contributed by atoms with Crippen LogP contribution in [0.25, 0.3) is 0 Å². The molecule has 0 amide bonds. The Bertz CT molecular complexity index is 339. The Morgan fingerprint density at radius 2 is 1.94 bits per heavy atom. The van der Waals surface area contributed by atoms with Crippen LogP contribution in [0.4, 0.5) is 0 Å². The van der Waals surface area contributed by atoms with Gasteiger partial charge < -0.3 is 11.1 Å². The summed E-state index contributed by atoms with van der Waals surface area (Å²) in [6.45, 7) is 6.62. The molecule has 0 unspecified atom stereocenters. The van der Waals surface area contributed by atoms with E-state index in [-0.39, 0.29) is 6.04 Å². The summed E-state index contributed by atoms with van der Waals surface area (Å²) < 4.78 is 1.13. The highest BCUT2D eigenvalue weighted by molar-refractivity contribution is 9.10. The number of benzene rings is 1. The molecule has 2 nitrogen and oxygen atoms in total. The zero-order valence-electron chi connectivity index (χ0n) is 11.5. The largest absolute Gasteiger partial charge is 0.327 e. The van der Waals surface area contributed by atoms with Crippen LogP contribution < -0.4 is 11.1 Å². The number of nitrogens with two attached hydrogens (primary N) is 1. The second-order valence-corrected chi connectivity index (χ2v) is 6.23. The van der Waals surface area contributed by atoms with E-state index in [1.807, 2.05) is 6.07 Å². The minimum Gasteiger partial charge on any atom is -0.327 e. The molecule has 0 aliphatic carbocycles. The maximum absolute atomic E-state index is 6.14. The van der Waals surface area contributed by atoms with Crippen molar-refractivity contribution in [3.05, 3.63) is 34.3 Å². The van der Waals surface area contributed by atoms with Crippen LogP contribution in [0.2, 0.25) is 0 Å². The van der Waals surface area contributed by atoms with E-state index in [9.17, 15) is 0 Å². The monoisotopic (exact) mass is 312 g/mol. The lowest BCUT2D eigenvalue weighted by molar-refractivity contribution is 0.509. The standard InChI is InChI=1S/C15H25BrN2/c1-12(2)6-8-18-9-7-15(17)11-13-4-3-5-14(16)10-13/h3-5,10,12,15,18H,6-9,11,17H2,1-2H3/t15-/m1/s1. The Balaban J connectivity index is 2.16. The van der Waals surface area contributed by atoms with E-state index < -0.39 is 0 Å². The average Bonchev–Trinajstić information content (AvgIpc) is 2.28. The first-order chi connectivity index (χ1) is 8.58. The third-order valence-corrected chi connectivity index (χ3v) is 3.47. The first-order valence-corrected chi connectivity index (χ1v) is 7.58. The first-order valence-electron chi connectivity index (χ1n) is 6.78. The van der Waals surface area contributed by atoms with E-state index in [4.69, 9.17) is 5.73 Å². The molecule has 3 N–H and O–H groups in total. The molecule has 0 aliphatic heterocycles. The second-order valence-electron chi connectivity index (χ2n) is 5.32. The molecule has 0 spiro atoms. The predicted molar refractivity (Wildman–Crippen MR) is 82.8 cm³/mol. The molecule has 0 radical (unpaired) electrons. The average molecular weight is 313 g/mol. The molecule has 1 rings (SSSR count). The zero-order chi connectivity index (χ0) is 13.4. The SMILES string of the molecule is CC(C)CCNCC[C@@H](N)Cc1cccc(Br)c1. The third kappa shape index (κ3) is 7.14. The second kappa shape index (κ2) is 8.68. The Morgan fingerprint density at radius 3 is 2.61 bits per heavy atom. The van der Waals surface area contributed by atoms with Crippen molar-refractivity contribution in [3.63, 3.8) is 0 Å². The Kier molecular flexibility index (Phi) is 7.56. The van der Waals surface area contributed by atoms with Gasteiger partial charge in [0, 0.05) is 10.5 Å². The van der Waals surface area contributed by atoms with E-state index >= 15 is 0 Å². The summed E-state index contributed by atoms with van der Waals surface area (Å²) in [7, 11) is 0. The fourth-order valence-corrected chi connectivity index (χ4v) is 2.32. The van der Waals surface area contributed by atoms with Gasteiger partial charge >= 0.3 is 0 Å². The van der Waals surface area contributed by atoms with Crippen LogP contribution in [0.5, 0.6) is 0 Å². The number of hydrogen-bond acceptors (Lipinski definition) is 2. The minimum atomic E-state index is 0.242. The van der Waals surface area contributed by atoms with E-state index in [0.29, 0.717) is 0 Å². The van der Waals surface area contributed by atoms with Gasteiger partial charge in [0.2, 0.25) is 0 Å². The molecule has 0 aliphatic rings. The normalized spacial score (nSPS) is 12.9. The Labute approximate surface area is 119 Å². The van der Waals surface area contributed by atoms with Crippen molar-refractivity contribution in [3.8, 4) is 0 Å². The lowest BCUT2D eigenvalue weighted by atomic mass is 10.0. The van der Waals surface area contributed by atoms with Gasteiger partial charge in [0.1, 0.15) is 0 Å². The summed E-state index contributed by atoms with van der Waals surface area (Å²) in [5.41, 5.74) is 7.45. The van der Waals surface area contributed by atoms with E-state index in [2.05, 4.69) is 53.3 Å². The van der Waals surface area contributed by atoms with E-state index in [1.165, 1.54) is 12.0 Å². The predicted octanol–water partition coefficient (Wildman–Crippen LogP) is 3.34.